The number of rotatable bonds is 3. The van der Waals surface area contributed by atoms with Gasteiger partial charge < -0.3 is 10.1 Å². The third kappa shape index (κ3) is 1.77. The van der Waals surface area contributed by atoms with E-state index in [9.17, 15) is 9.59 Å². The van der Waals surface area contributed by atoms with Crippen LogP contribution in [0, 0.1) is 0 Å². The van der Waals surface area contributed by atoms with Gasteiger partial charge in [-0.05, 0) is 6.92 Å². The van der Waals surface area contributed by atoms with Crippen LogP contribution in [-0.2, 0) is 4.79 Å². The number of hydrogen-bond acceptors (Lipinski definition) is 3. The van der Waals surface area contributed by atoms with E-state index in [1.807, 2.05) is 0 Å². The number of imidazole rings is 1. The number of aliphatic carboxylic acids is 1. The van der Waals surface area contributed by atoms with Crippen molar-refractivity contribution in [2.45, 2.75) is 11.2 Å². The summed E-state index contributed by atoms with van der Waals surface area (Å²) >= 11 is 2.84. The lowest BCUT2D eigenvalue weighted by atomic mass is 10.1. The average molecular weight is 247 g/mol. The van der Waals surface area contributed by atoms with Gasteiger partial charge >= 0.3 is 5.97 Å². The Morgan fingerprint density at radius 3 is 2.69 bits per heavy atom. The number of carboxylic acids is 1. The lowest BCUT2D eigenvalue weighted by molar-refractivity contribution is -0.137. The Kier molecular flexibility index (Phi) is 2.51. The minimum Gasteiger partial charge on any atom is -0.480 e. The van der Waals surface area contributed by atoms with Gasteiger partial charge in [-0.2, -0.15) is 0 Å². The molecule has 1 aromatic rings. The van der Waals surface area contributed by atoms with Crippen molar-refractivity contribution < 1.29 is 14.7 Å². The molecule has 0 radical (unpaired) electrons. The number of alkyl halides is 1. The van der Waals surface area contributed by atoms with Gasteiger partial charge in [-0.3, -0.25) is 9.59 Å². The highest BCUT2D eigenvalue weighted by atomic mass is 79.9. The SMILES string of the molecule is CC(Br)(C(=O)O)C(=O)c1cnc[nH]1. The van der Waals surface area contributed by atoms with Crippen LogP contribution in [0.25, 0.3) is 0 Å². The van der Waals surface area contributed by atoms with E-state index in [4.69, 9.17) is 5.11 Å². The third-order valence-electron chi connectivity index (χ3n) is 1.57. The molecular weight excluding hydrogens is 240 g/mol. The van der Waals surface area contributed by atoms with Crippen molar-refractivity contribution in [1.29, 1.82) is 0 Å². The van der Waals surface area contributed by atoms with Crippen LogP contribution in [0.1, 0.15) is 17.4 Å². The van der Waals surface area contributed by atoms with E-state index in [1.165, 1.54) is 19.4 Å². The number of carbonyl (C=O) groups excluding carboxylic acids is 1. The summed E-state index contributed by atoms with van der Waals surface area (Å²) in [5.41, 5.74) is 0.168. The van der Waals surface area contributed by atoms with Crippen molar-refractivity contribution in [3.8, 4) is 0 Å². The first-order chi connectivity index (χ1) is 5.96. The molecule has 13 heavy (non-hydrogen) atoms. The van der Waals surface area contributed by atoms with Crippen LogP contribution in [0.4, 0.5) is 0 Å². The first-order valence-electron chi connectivity index (χ1n) is 3.41. The highest BCUT2D eigenvalue weighted by Gasteiger charge is 2.39. The summed E-state index contributed by atoms with van der Waals surface area (Å²) < 4.78 is -1.60. The van der Waals surface area contributed by atoms with Crippen molar-refractivity contribution in [3.05, 3.63) is 18.2 Å². The van der Waals surface area contributed by atoms with Gasteiger partial charge in [-0.1, -0.05) is 15.9 Å². The molecule has 0 aliphatic carbocycles. The number of Topliss-reactive ketones (excluding diaryl/α,β-unsaturated/α-hetero) is 1. The molecular formula is C7H7BrN2O3. The molecule has 0 aliphatic rings. The molecule has 0 aromatic carbocycles. The fourth-order valence-corrected chi connectivity index (χ4v) is 0.944. The zero-order valence-electron chi connectivity index (χ0n) is 6.74. The molecule has 0 spiro atoms. The highest BCUT2D eigenvalue weighted by molar-refractivity contribution is 9.10. The van der Waals surface area contributed by atoms with Crippen LogP contribution in [-0.4, -0.2) is 31.2 Å². The second kappa shape index (κ2) is 3.29. The van der Waals surface area contributed by atoms with E-state index in [1.54, 1.807) is 0 Å². The number of halogens is 1. The fourth-order valence-electron chi connectivity index (χ4n) is 0.730. The summed E-state index contributed by atoms with van der Waals surface area (Å²) in [6, 6.07) is 0. The maximum absolute atomic E-state index is 11.5. The van der Waals surface area contributed by atoms with Crippen LogP contribution in [0.15, 0.2) is 12.5 Å². The number of ketones is 1. The second-order valence-corrected chi connectivity index (χ2v) is 4.19. The Morgan fingerprint density at radius 2 is 2.31 bits per heavy atom. The summed E-state index contributed by atoms with van der Waals surface area (Å²) in [6.45, 7) is 1.28. The largest absolute Gasteiger partial charge is 0.480 e. The number of nitrogens with one attached hydrogen (secondary N) is 1. The molecule has 70 valence electrons. The van der Waals surface area contributed by atoms with Crippen molar-refractivity contribution in [2.24, 2.45) is 0 Å². The second-order valence-electron chi connectivity index (χ2n) is 2.60. The summed E-state index contributed by atoms with van der Waals surface area (Å²) in [5.74, 6) is -1.79. The van der Waals surface area contributed by atoms with E-state index < -0.39 is 16.1 Å². The average Bonchev–Trinajstić information content (AvgIpc) is 2.54. The molecule has 0 aliphatic heterocycles. The number of carbonyl (C=O) groups is 2. The first-order valence-corrected chi connectivity index (χ1v) is 4.21. The minimum atomic E-state index is -1.60. The maximum atomic E-state index is 11.5. The highest BCUT2D eigenvalue weighted by Crippen LogP contribution is 2.22. The third-order valence-corrected chi connectivity index (χ3v) is 2.27. The topological polar surface area (TPSA) is 83.0 Å². The lowest BCUT2D eigenvalue weighted by Crippen LogP contribution is -2.37. The number of hydrogen-bond donors (Lipinski definition) is 2. The number of aromatic amines is 1. The van der Waals surface area contributed by atoms with Gasteiger partial charge in [-0.25, -0.2) is 4.98 Å². The van der Waals surface area contributed by atoms with E-state index >= 15 is 0 Å². The molecule has 0 amide bonds. The first kappa shape index (κ1) is 9.91. The zero-order valence-corrected chi connectivity index (χ0v) is 8.33. The quantitative estimate of drug-likeness (QED) is 0.470. The van der Waals surface area contributed by atoms with Gasteiger partial charge in [0.15, 0.2) is 4.32 Å². The molecule has 0 bridgehead atoms. The molecule has 5 nitrogen and oxygen atoms in total. The smallest absolute Gasteiger partial charge is 0.328 e. The molecule has 1 unspecified atom stereocenters. The van der Waals surface area contributed by atoms with Crippen LogP contribution < -0.4 is 0 Å². The van der Waals surface area contributed by atoms with Crippen LogP contribution >= 0.6 is 15.9 Å². The molecule has 1 rings (SSSR count). The standard InChI is InChI=1S/C7H7BrN2O3/c1-7(8,6(12)13)5(11)4-2-9-3-10-4/h2-3H,1H3,(H,9,10)(H,12,13). The summed E-state index contributed by atoms with van der Waals surface area (Å²) in [7, 11) is 0. The monoisotopic (exact) mass is 246 g/mol. The summed E-state index contributed by atoms with van der Waals surface area (Å²) in [5, 5.41) is 8.71. The predicted octanol–water partition coefficient (Wildman–Crippen LogP) is 0.831. The van der Waals surface area contributed by atoms with E-state index in [0.29, 0.717) is 0 Å². The van der Waals surface area contributed by atoms with Crippen molar-refractivity contribution in [3.63, 3.8) is 0 Å². The van der Waals surface area contributed by atoms with Crippen molar-refractivity contribution in [1.82, 2.24) is 9.97 Å². The number of aromatic nitrogens is 2. The Balaban J connectivity index is 2.98. The van der Waals surface area contributed by atoms with E-state index in [0.717, 1.165) is 0 Å². The fraction of sp³-hybridized carbons (Fsp3) is 0.286. The van der Waals surface area contributed by atoms with Crippen LogP contribution in [0.3, 0.4) is 0 Å². The Labute approximate surface area is 82.3 Å². The molecule has 0 fully saturated rings. The molecule has 1 aromatic heterocycles. The Bertz CT molecular complexity index is 332. The molecule has 6 heteroatoms. The molecule has 1 heterocycles. The van der Waals surface area contributed by atoms with Crippen molar-refractivity contribution in [2.75, 3.05) is 0 Å². The minimum absolute atomic E-state index is 0.168. The predicted molar refractivity (Wildman–Crippen MR) is 47.9 cm³/mol. The number of nitrogens with zero attached hydrogens (tertiary/aromatic N) is 1. The molecule has 0 saturated heterocycles. The Hall–Kier alpha value is -1.17. The number of H-pyrrole nitrogens is 1. The van der Waals surface area contributed by atoms with Crippen LogP contribution in [0.2, 0.25) is 0 Å². The van der Waals surface area contributed by atoms with Gasteiger partial charge in [0.1, 0.15) is 5.69 Å². The van der Waals surface area contributed by atoms with E-state index in [2.05, 4.69) is 25.9 Å². The molecule has 0 saturated carbocycles. The maximum Gasteiger partial charge on any atom is 0.328 e. The molecule has 1 atom stereocenters. The van der Waals surface area contributed by atoms with Crippen molar-refractivity contribution >= 4 is 27.7 Å². The van der Waals surface area contributed by atoms with E-state index in [-0.39, 0.29) is 5.69 Å². The summed E-state index contributed by atoms with van der Waals surface area (Å²) in [4.78, 5) is 28.3. The Morgan fingerprint density at radius 1 is 1.69 bits per heavy atom. The number of carboxylic acid groups (broad SMARTS) is 1. The lowest BCUT2D eigenvalue weighted by Gasteiger charge is -2.13. The van der Waals surface area contributed by atoms with Gasteiger partial charge in [0.2, 0.25) is 5.78 Å². The van der Waals surface area contributed by atoms with Gasteiger partial charge in [0.25, 0.3) is 0 Å². The summed E-state index contributed by atoms with van der Waals surface area (Å²) in [6.07, 6.45) is 2.60. The van der Waals surface area contributed by atoms with Gasteiger partial charge in [-0.15, -0.1) is 0 Å². The van der Waals surface area contributed by atoms with Gasteiger partial charge in [0.05, 0.1) is 12.5 Å². The molecule has 2 N–H and O–H groups in total. The normalized spacial score (nSPS) is 14.9. The van der Waals surface area contributed by atoms with Crippen LogP contribution in [0.5, 0.6) is 0 Å². The zero-order chi connectivity index (χ0) is 10.1. The van der Waals surface area contributed by atoms with Gasteiger partial charge in [0, 0.05) is 0 Å².